The average Bonchev–Trinajstić information content (AvgIpc) is 2.16. The Kier molecular flexibility index (Phi) is 4.83. The van der Waals surface area contributed by atoms with E-state index in [9.17, 15) is 4.79 Å². The normalized spacial score (nSPS) is 10.4. The molecule has 0 saturated heterocycles. The molecule has 0 fully saturated rings. The van der Waals surface area contributed by atoms with Crippen LogP contribution < -0.4 is 10.5 Å². The van der Waals surface area contributed by atoms with Crippen molar-refractivity contribution in [1.82, 2.24) is 0 Å². The van der Waals surface area contributed by atoms with Crippen molar-refractivity contribution in [2.75, 3.05) is 0 Å². The van der Waals surface area contributed by atoms with Crippen molar-refractivity contribution >= 4 is 5.91 Å². The molecule has 2 N–H and O–H groups in total. The Morgan fingerprint density at radius 2 is 2.19 bits per heavy atom. The monoisotopic (exact) mass is 221 g/mol. The molecule has 0 bridgehead atoms. The number of carbonyl (C=O) groups is 1. The highest BCUT2D eigenvalue weighted by molar-refractivity contribution is 5.73. The van der Waals surface area contributed by atoms with Crippen molar-refractivity contribution in [3.8, 4) is 5.75 Å². The number of nitrogens with two attached hydrogens (primary N) is 1. The number of amides is 1. The summed E-state index contributed by atoms with van der Waals surface area (Å²) in [6.07, 6.45) is 2.27. The number of benzene rings is 1. The molecule has 1 aromatic carbocycles. The van der Waals surface area contributed by atoms with E-state index >= 15 is 0 Å². The lowest BCUT2D eigenvalue weighted by Crippen LogP contribution is -2.10. The van der Waals surface area contributed by atoms with Gasteiger partial charge in [-0.3, -0.25) is 4.79 Å². The molecule has 0 aromatic heterocycles. The second-order valence-corrected chi connectivity index (χ2v) is 4.13. The minimum Gasteiger partial charge on any atom is -0.491 e. The molecule has 88 valence electrons. The van der Waals surface area contributed by atoms with Crippen LogP contribution in [0.4, 0.5) is 0 Å². The summed E-state index contributed by atoms with van der Waals surface area (Å²) in [5.74, 6) is 0.640. The zero-order chi connectivity index (χ0) is 12.0. The molecule has 0 heterocycles. The fourth-order valence-corrected chi connectivity index (χ4v) is 1.51. The standard InChI is InChI=1S/C13H19NO2/c1-10(2)16-12-7-3-5-11(9-12)6-4-8-13(14)15/h3,5,7,9-10H,4,6,8H2,1-2H3,(H2,14,15). The summed E-state index contributed by atoms with van der Waals surface area (Å²) >= 11 is 0. The van der Waals surface area contributed by atoms with Crippen molar-refractivity contribution in [1.29, 1.82) is 0 Å². The number of hydrogen-bond acceptors (Lipinski definition) is 2. The van der Waals surface area contributed by atoms with Crippen molar-refractivity contribution < 1.29 is 9.53 Å². The van der Waals surface area contributed by atoms with Gasteiger partial charge >= 0.3 is 0 Å². The predicted octanol–water partition coefficient (Wildman–Crippen LogP) is 2.28. The maximum absolute atomic E-state index is 10.6. The molecular formula is C13H19NO2. The van der Waals surface area contributed by atoms with Gasteiger partial charge in [0.25, 0.3) is 0 Å². The van der Waals surface area contributed by atoms with Crippen molar-refractivity contribution in [3.05, 3.63) is 29.8 Å². The molecule has 1 aromatic rings. The van der Waals surface area contributed by atoms with Crippen molar-refractivity contribution in [2.24, 2.45) is 5.73 Å². The Balaban J connectivity index is 2.50. The van der Waals surface area contributed by atoms with E-state index < -0.39 is 0 Å². The van der Waals surface area contributed by atoms with E-state index in [2.05, 4.69) is 0 Å². The summed E-state index contributed by atoms with van der Waals surface area (Å²) in [7, 11) is 0. The first kappa shape index (κ1) is 12.6. The van der Waals surface area contributed by atoms with Gasteiger partial charge in [0.1, 0.15) is 5.75 Å². The first-order valence-corrected chi connectivity index (χ1v) is 5.62. The summed E-state index contributed by atoms with van der Waals surface area (Å²) in [6, 6.07) is 7.96. The molecule has 0 radical (unpaired) electrons. The van der Waals surface area contributed by atoms with Gasteiger partial charge in [-0.25, -0.2) is 0 Å². The minimum atomic E-state index is -0.241. The average molecular weight is 221 g/mol. The van der Waals surface area contributed by atoms with Crippen LogP contribution in [0.25, 0.3) is 0 Å². The zero-order valence-corrected chi connectivity index (χ0v) is 9.90. The van der Waals surface area contributed by atoms with Gasteiger partial charge in [-0.05, 0) is 44.4 Å². The lowest BCUT2D eigenvalue weighted by atomic mass is 10.1. The third-order valence-corrected chi connectivity index (χ3v) is 2.16. The number of primary amides is 1. The second kappa shape index (κ2) is 6.16. The number of carbonyl (C=O) groups excluding carboxylic acids is 1. The molecular weight excluding hydrogens is 202 g/mol. The van der Waals surface area contributed by atoms with Gasteiger partial charge in [0.05, 0.1) is 6.10 Å². The zero-order valence-electron chi connectivity index (χ0n) is 9.90. The molecule has 0 aliphatic rings. The van der Waals surface area contributed by atoms with E-state index in [1.54, 1.807) is 0 Å². The highest BCUT2D eigenvalue weighted by Gasteiger charge is 2.00. The lowest BCUT2D eigenvalue weighted by molar-refractivity contribution is -0.118. The molecule has 0 saturated carbocycles. The van der Waals surface area contributed by atoms with Gasteiger partial charge in [0.2, 0.25) is 5.91 Å². The largest absolute Gasteiger partial charge is 0.491 e. The number of aryl methyl sites for hydroxylation is 1. The van der Waals surface area contributed by atoms with Gasteiger partial charge in [-0.1, -0.05) is 12.1 Å². The fourth-order valence-electron chi connectivity index (χ4n) is 1.51. The molecule has 0 spiro atoms. The summed E-state index contributed by atoms with van der Waals surface area (Å²) in [4.78, 5) is 10.6. The second-order valence-electron chi connectivity index (χ2n) is 4.13. The molecule has 1 amide bonds. The Morgan fingerprint density at radius 1 is 1.44 bits per heavy atom. The number of ether oxygens (including phenoxy) is 1. The summed E-state index contributed by atoms with van der Waals surface area (Å²) < 4.78 is 5.59. The van der Waals surface area contributed by atoms with Crippen LogP contribution in [-0.2, 0) is 11.2 Å². The third kappa shape index (κ3) is 4.82. The van der Waals surface area contributed by atoms with Crippen molar-refractivity contribution in [3.63, 3.8) is 0 Å². The Hall–Kier alpha value is -1.51. The minimum absolute atomic E-state index is 0.181. The SMILES string of the molecule is CC(C)Oc1cccc(CCCC(N)=O)c1. The summed E-state index contributed by atoms with van der Waals surface area (Å²) in [6.45, 7) is 4.00. The van der Waals surface area contributed by atoms with Crippen LogP contribution in [0.15, 0.2) is 24.3 Å². The lowest BCUT2D eigenvalue weighted by Gasteiger charge is -2.10. The van der Waals surface area contributed by atoms with E-state index in [4.69, 9.17) is 10.5 Å². The van der Waals surface area contributed by atoms with Crippen LogP contribution in [0.2, 0.25) is 0 Å². The number of rotatable bonds is 6. The molecule has 3 heteroatoms. The van der Waals surface area contributed by atoms with Gasteiger partial charge in [-0.2, -0.15) is 0 Å². The molecule has 16 heavy (non-hydrogen) atoms. The van der Waals surface area contributed by atoms with Crippen LogP contribution in [0.3, 0.4) is 0 Å². The quantitative estimate of drug-likeness (QED) is 0.801. The van der Waals surface area contributed by atoms with Crippen molar-refractivity contribution in [2.45, 2.75) is 39.2 Å². The van der Waals surface area contributed by atoms with E-state index in [1.807, 2.05) is 38.1 Å². The first-order valence-electron chi connectivity index (χ1n) is 5.62. The van der Waals surface area contributed by atoms with E-state index in [0.717, 1.165) is 18.6 Å². The molecule has 0 aliphatic carbocycles. The smallest absolute Gasteiger partial charge is 0.217 e. The topological polar surface area (TPSA) is 52.3 Å². The third-order valence-electron chi connectivity index (χ3n) is 2.16. The summed E-state index contributed by atoms with van der Waals surface area (Å²) in [5, 5.41) is 0. The molecule has 3 nitrogen and oxygen atoms in total. The number of hydrogen-bond donors (Lipinski definition) is 1. The van der Waals surface area contributed by atoms with Crippen LogP contribution >= 0.6 is 0 Å². The fraction of sp³-hybridized carbons (Fsp3) is 0.462. The maximum Gasteiger partial charge on any atom is 0.217 e. The van der Waals surface area contributed by atoms with Crippen LogP contribution in [0, 0.1) is 0 Å². The Labute approximate surface area is 96.6 Å². The van der Waals surface area contributed by atoms with E-state index in [-0.39, 0.29) is 12.0 Å². The van der Waals surface area contributed by atoms with Crippen LogP contribution in [-0.4, -0.2) is 12.0 Å². The van der Waals surface area contributed by atoms with Crippen LogP contribution in [0.5, 0.6) is 5.75 Å². The Morgan fingerprint density at radius 3 is 2.81 bits per heavy atom. The van der Waals surface area contributed by atoms with Gasteiger partial charge < -0.3 is 10.5 Å². The van der Waals surface area contributed by atoms with E-state index in [0.29, 0.717) is 6.42 Å². The van der Waals surface area contributed by atoms with E-state index in [1.165, 1.54) is 5.56 Å². The van der Waals surface area contributed by atoms with Gasteiger partial charge in [0, 0.05) is 6.42 Å². The van der Waals surface area contributed by atoms with Gasteiger partial charge in [0.15, 0.2) is 0 Å². The summed E-state index contributed by atoms with van der Waals surface area (Å²) in [5.41, 5.74) is 6.27. The molecule has 0 atom stereocenters. The first-order chi connectivity index (χ1) is 7.58. The van der Waals surface area contributed by atoms with Gasteiger partial charge in [-0.15, -0.1) is 0 Å². The Bertz CT molecular complexity index is 348. The molecule has 0 aliphatic heterocycles. The highest BCUT2D eigenvalue weighted by Crippen LogP contribution is 2.16. The van der Waals surface area contributed by atoms with Crippen LogP contribution in [0.1, 0.15) is 32.3 Å². The molecule has 0 unspecified atom stereocenters. The predicted molar refractivity (Wildman–Crippen MR) is 64.3 cm³/mol. The highest BCUT2D eigenvalue weighted by atomic mass is 16.5. The maximum atomic E-state index is 10.6. The molecule has 1 rings (SSSR count).